The highest BCUT2D eigenvalue weighted by Gasteiger charge is 2.19. The van der Waals surface area contributed by atoms with E-state index in [0.717, 1.165) is 42.8 Å². The number of rotatable bonds is 4. The summed E-state index contributed by atoms with van der Waals surface area (Å²) in [5, 5.41) is 4.66. The molecule has 1 aliphatic heterocycles. The average Bonchev–Trinajstić information content (AvgIpc) is 3.10. The number of fused-ring (bicyclic) bond motifs is 1. The second-order valence-corrected chi connectivity index (χ2v) is 8.25. The van der Waals surface area contributed by atoms with Crippen molar-refractivity contribution in [2.75, 3.05) is 35.8 Å². The molecule has 0 atom stereocenters. The van der Waals surface area contributed by atoms with Crippen LogP contribution in [0.4, 0.5) is 11.4 Å². The molecule has 1 aliphatic rings. The monoisotopic (exact) mass is 427 g/mol. The Labute approximate surface area is 168 Å². The van der Waals surface area contributed by atoms with Gasteiger partial charge in [0.15, 0.2) is 5.58 Å². The zero-order valence-electron chi connectivity index (χ0n) is 14.3. The van der Waals surface area contributed by atoms with Gasteiger partial charge in [-0.25, -0.2) is 8.42 Å². The lowest BCUT2D eigenvalue weighted by molar-refractivity contribution is 0.579. The van der Waals surface area contributed by atoms with E-state index in [1.54, 1.807) is 24.5 Å². The van der Waals surface area contributed by atoms with Gasteiger partial charge in [-0.05, 0) is 42.5 Å². The maximum absolute atomic E-state index is 12.7. The van der Waals surface area contributed by atoms with Gasteiger partial charge in [0.1, 0.15) is 0 Å². The number of nitrogens with one attached hydrogen (secondary N) is 2. The van der Waals surface area contributed by atoms with E-state index in [0.29, 0.717) is 10.7 Å². The van der Waals surface area contributed by atoms with Crippen molar-refractivity contribution < 1.29 is 12.8 Å². The van der Waals surface area contributed by atoms with E-state index in [2.05, 4.69) is 14.9 Å². The molecule has 2 aromatic carbocycles. The van der Waals surface area contributed by atoms with Crippen LogP contribution in [0.2, 0.25) is 5.02 Å². The number of nitrogens with zero attached hydrogens (tertiary/aromatic N) is 1. The second-order valence-electron chi connectivity index (χ2n) is 6.13. The number of halogens is 2. The summed E-state index contributed by atoms with van der Waals surface area (Å²) in [6.45, 7) is 3.43. The zero-order chi connectivity index (χ0) is 18.1. The molecule has 1 saturated heterocycles. The number of piperazine rings is 1. The average molecular weight is 428 g/mol. The second kappa shape index (κ2) is 7.98. The quantitative estimate of drug-likeness (QED) is 0.663. The van der Waals surface area contributed by atoms with Crippen LogP contribution in [0.25, 0.3) is 11.0 Å². The molecule has 144 valence electrons. The SMILES string of the molecule is Cl.O=S(=O)(Nc1cc(N2CCNCC2)c2occc2c1)c1ccc(Cl)cc1. The fourth-order valence-electron chi connectivity index (χ4n) is 3.09. The van der Waals surface area contributed by atoms with Gasteiger partial charge in [0.2, 0.25) is 0 Å². The summed E-state index contributed by atoms with van der Waals surface area (Å²) in [4.78, 5) is 2.36. The summed E-state index contributed by atoms with van der Waals surface area (Å²) < 4.78 is 33.6. The van der Waals surface area contributed by atoms with Crippen LogP contribution in [0.15, 0.2) is 58.0 Å². The minimum Gasteiger partial charge on any atom is -0.462 e. The van der Waals surface area contributed by atoms with Crippen molar-refractivity contribution in [2.24, 2.45) is 0 Å². The van der Waals surface area contributed by atoms with E-state index in [1.165, 1.54) is 12.1 Å². The van der Waals surface area contributed by atoms with E-state index in [9.17, 15) is 8.42 Å². The van der Waals surface area contributed by atoms with Gasteiger partial charge in [-0.15, -0.1) is 12.4 Å². The minimum absolute atomic E-state index is 0. The summed E-state index contributed by atoms with van der Waals surface area (Å²) in [6, 6.07) is 11.5. The van der Waals surface area contributed by atoms with Crippen LogP contribution >= 0.6 is 24.0 Å². The fraction of sp³-hybridized carbons (Fsp3) is 0.222. The third-order valence-electron chi connectivity index (χ3n) is 4.37. The molecule has 3 aromatic rings. The van der Waals surface area contributed by atoms with Crippen molar-refractivity contribution in [3.05, 3.63) is 53.8 Å². The smallest absolute Gasteiger partial charge is 0.261 e. The molecular formula is C18H19Cl2N3O3S. The Hall–Kier alpha value is -1.93. The van der Waals surface area contributed by atoms with Crippen molar-refractivity contribution in [3.8, 4) is 0 Å². The van der Waals surface area contributed by atoms with E-state index in [-0.39, 0.29) is 17.3 Å². The van der Waals surface area contributed by atoms with Gasteiger partial charge in [0.05, 0.1) is 22.5 Å². The predicted octanol–water partition coefficient (Wildman–Crippen LogP) is 3.72. The molecule has 2 N–H and O–H groups in total. The Morgan fingerprint density at radius 2 is 1.78 bits per heavy atom. The third-order valence-corrected chi connectivity index (χ3v) is 6.01. The maximum atomic E-state index is 12.7. The van der Waals surface area contributed by atoms with Crippen molar-refractivity contribution in [3.63, 3.8) is 0 Å². The van der Waals surface area contributed by atoms with Gasteiger partial charge < -0.3 is 14.6 Å². The molecule has 0 spiro atoms. The molecule has 0 bridgehead atoms. The summed E-state index contributed by atoms with van der Waals surface area (Å²) in [5.74, 6) is 0. The predicted molar refractivity (Wildman–Crippen MR) is 111 cm³/mol. The van der Waals surface area contributed by atoms with Crippen molar-refractivity contribution >= 4 is 56.4 Å². The molecule has 0 aliphatic carbocycles. The van der Waals surface area contributed by atoms with Crippen molar-refractivity contribution in [1.82, 2.24) is 5.32 Å². The first-order valence-electron chi connectivity index (χ1n) is 8.28. The van der Waals surface area contributed by atoms with Gasteiger partial charge >= 0.3 is 0 Å². The van der Waals surface area contributed by atoms with Gasteiger partial charge in [-0.3, -0.25) is 4.72 Å². The first-order valence-corrected chi connectivity index (χ1v) is 10.1. The summed E-state index contributed by atoms with van der Waals surface area (Å²) in [5.41, 5.74) is 2.16. The molecule has 6 nitrogen and oxygen atoms in total. The molecule has 0 saturated carbocycles. The maximum Gasteiger partial charge on any atom is 0.261 e. The lowest BCUT2D eigenvalue weighted by atomic mass is 10.2. The van der Waals surface area contributed by atoms with E-state index >= 15 is 0 Å². The molecule has 1 fully saturated rings. The van der Waals surface area contributed by atoms with Gasteiger partial charge in [0, 0.05) is 36.6 Å². The third kappa shape index (κ3) is 4.16. The number of hydrogen-bond acceptors (Lipinski definition) is 5. The number of anilines is 2. The summed E-state index contributed by atoms with van der Waals surface area (Å²) in [6.07, 6.45) is 1.62. The largest absolute Gasteiger partial charge is 0.462 e. The molecule has 27 heavy (non-hydrogen) atoms. The molecule has 2 heterocycles. The van der Waals surface area contributed by atoms with Crippen LogP contribution in [0.5, 0.6) is 0 Å². The fourth-order valence-corrected chi connectivity index (χ4v) is 4.26. The highest BCUT2D eigenvalue weighted by molar-refractivity contribution is 7.92. The van der Waals surface area contributed by atoms with Crippen LogP contribution in [0.3, 0.4) is 0 Å². The Morgan fingerprint density at radius 1 is 1.07 bits per heavy atom. The van der Waals surface area contributed by atoms with E-state index in [1.807, 2.05) is 12.1 Å². The van der Waals surface area contributed by atoms with Crippen LogP contribution in [0, 0.1) is 0 Å². The van der Waals surface area contributed by atoms with Gasteiger partial charge in [-0.2, -0.15) is 0 Å². The number of benzene rings is 2. The molecular weight excluding hydrogens is 409 g/mol. The van der Waals surface area contributed by atoms with Gasteiger partial charge in [-0.1, -0.05) is 11.6 Å². The van der Waals surface area contributed by atoms with E-state index in [4.69, 9.17) is 16.0 Å². The Kier molecular flexibility index (Phi) is 5.86. The van der Waals surface area contributed by atoms with Crippen LogP contribution < -0.4 is 14.9 Å². The standard InChI is InChI=1S/C18H18ClN3O3S.ClH/c19-14-1-3-16(4-2-14)26(23,24)21-15-11-13-5-10-25-18(13)17(12-15)22-8-6-20-7-9-22;/h1-5,10-12,20-21H,6-9H2;1H. The summed E-state index contributed by atoms with van der Waals surface area (Å²) in [7, 11) is -3.70. The normalized spacial score (nSPS) is 14.8. The summed E-state index contributed by atoms with van der Waals surface area (Å²) >= 11 is 5.85. The molecule has 0 amide bonds. The Balaban J connectivity index is 0.00000210. The molecule has 9 heteroatoms. The Bertz CT molecular complexity index is 1030. The molecule has 4 rings (SSSR count). The number of sulfonamides is 1. The highest BCUT2D eigenvalue weighted by atomic mass is 35.5. The zero-order valence-corrected chi connectivity index (χ0v) is 16.7. The first kappa shape index (κ1) is 19.8. The lowest BCUT2D eigenvalue weighted by Crippen LogP contribution is -2.43. The van der Waals surface area contributed by atoms with Gasteiger partial charge in [0.25, 0.3) is 10.0 Å². The first-order chi connectivity index (χ1) is 12.5. The highest BCUT2D eigenvalue weighted by Crippen LogP contribution is 2.33. The van der Waals surface area contributed by atoms with Crippen LogP contribution in [-0.2, 0) is 10.0 Å². The molecule has 0 unspecified atom stereocenters. The topological polar surface area (TPSA) is 74.6 Å². The number of furan rings is 1. The lowest BCUT2D eigenvalue weighted by Gasteiger charge is -2.29. The molecule has 0 radical (unpaired) electrons. The van der Waals surface area contributed by atoms with Crippen molar-refractivity contribution in [2.45, 2.75) is 4.90 Å². The van der Waals surface area contributed by atoms with Crippen LogP contribution in [-0.4, -0.2) is 34.6 Å². The number of hydrogen-bond donors (Lipinski definition) is 2. The molecule has 1 aromatic heterocycles. The van der Waals surface area contributed by atoms with Crippen molar-refractivity contribution in [1.29, 1.82) is 0 Å². The Morgan fingerprint density at radius 3 is 2.48 bits per heavy atom. The van der Waals surface area contributed by atoms with Crippen LogP contribution in [0.1, 0.15) is 0 Å². The minimum atomic E-state index is -3.70. The van der Waals surface area contributed by atoms with E-state index < -0.39 is 10.0 Å².